The molecule has 1 aliphatic rings. The van der Waals surface area contributed by atoms with Crippen LogP contribution in [0.15, 0.2) is 66.7 Å². The van der Waals surface area contributed by atoms with Crippen LogP contribution in [-0.4, -0.2) is 5.91 Å². The second-order valence-electron chi connectivity index (χ2n) is 5.91. The molecule has 1 unspecified atom stereocenters. The van der Waals surface area contributed by atoms with E-state index in [2.05, 4.69) is 35.7 Å². The lowest BCUT2D eigenvalue weighted by Crippen LogP contribution is -2.14. The molecule has 25 heavy (non-hydrogen) atoms. The number of carbonyl (C=O) groups is 1. The summed E-state index contributed by atoms with van der Waals surface area (Å²) >= 11 is 1.32. The van der Waals surface area contributed by atoms with E-state index in [1.54, 1.807) is 0 Å². The number of hydrogen-bond acceptors (Lipinski definition) is 4. The van der Waals surface area contributed by atoms with Gasteiger partial charge in [-0.25, -0.2) is 0 Å². The monoisotopic (exact) mass is 347 g/mol. The van der Waals surface area contributed by atoms with Crippen LogP contribution in [0.2, 0.25) is 0 Å². The Bertz CT molecular complexity index is 961. The number of anilines is 2. The second kappa shape index (κ2) is 6.11. The lowest BCUT2D eigenvalue weighted by Gasteiger charge is -2.24. The number of rotatable bonds is 3. The summed E-state index contributed by atoms with van der Waals surface area (Å²) in [5, 5.41) is 4.30. The average molecular weight is 347 g/mol. The number of nitrogen functional groups attached to an aromatic ring is 1. The number of primary amides is 1. The molecule has 1 amide bonds. The van der Waals surface area contributed by atoms with Gasteiger partial charge in [-0.15, -0.1) is 11.3 Å². The molecule has 4 nitrogen and oxygen atoms in total. The van der Waals surface area contributed by atoms with Crippen LogP contribution >= 0.6 is 11.3 Å². The van der Waals surface area contributed by atoms with Gasteiger partial charge >= 0.3 is 0 Å². The summed E-state index contributed by atoms with van der Waals surface area (Å²) in [6, 6.07) is 20.2. The number of fused-ring (bicyclic) bond motifs is 1. The van der Waals surface area contributed by atoms with Crippen LogP contribution in [0.5, 0.6) is 0 Å². The van der Waals surface area contributed by atoms with Crippen LogP contribution in [-0.2, 0) is 0 Å². The molecule has 0 saturated carbocycles. The molecular weight excluding hydrogens is 330 g/mol. The Hall–Kier alpha value is -3.05. The zero-order chi connectivity index (χ0) is 17.4. The van der Waals surface area contributed by atoms with Gasteiger partial charge in [0.2, 0.25) is 0 Å². The third kappa shape index (κ3) is 2.68. The van der Waals surface area contributed by atoms with Gasteiger partial charge in [-0.3, -0.25) is 4.79 Å². The number of amides is 1. The van der Waals surface area contributed by atoms with E-state index in [-0.39, 0.29) is 5.92 Å². The highest BCUT2D eigenvalue weighted by Crippen LogP contribution is 2.48. The number of nitrogens with one attached hydrogen (secondary N) is 1. The number of allylic oxidation sites excluding steroid dienone is 1. The van der Waals surface area contributed by atoms with Crippen LogP contribution in [0.4, 0.5) is 10.7 Å². The summed E-state index contributed by atoms with van der Waals surface area (Å²) < 4.78 is 0. The molecule has 0 saturated heterocycles. The zero-order valence-electron chi connectivity index (χ0n) is 13.4. The van der Waals surface area contributed by atoms with Crippen molar-refractivity contribution in [3.63, 3.8) is 0 Å². The van der Waals surface area contributed by atoms with Crippen molar-refractivity contribution < 1.29 is 4.79 Å². The quantitative estimate of drug-likeness (QED) is 0.669. The van der Waals surface area contributed by atoms with Gasteiger partial charge in [0.05, 0.1) is 10.7 Å². The van der Waals surface area contributed by atoms with Gasteiger partial charge in [-0.2, -0.15) is 0 Å². The number of carbonyl (C=O) groups excluding carboxylic acids is 1. The molecule has 4 rings (SSSR count). The third-order valence-electron chi connectivity index (χ3n) is 4.34. The van der Waals surface area contributed by atoms with Gasteiger partial charge in [0, 0.05) is 17.2 Å². The molecular formula is C20H17N3OS. The van der Waals surface area contributed by atoms with Crippen molar-refractivity contribution >= 4 is 33.6 Å². The van der Waals surface area contributed by atoms with Crippen molar-refractivity contribution in [1.82, 2.24) is 0 Å². The van der Waals surface area contributed by atoms with Gasteiger partial charge in [0.1, 0.15) is 4.88 Å². The molecule has 5 heteroatoms. The van der Waals surface area contributed by atoms with Crippen LogP contribution in [0, 0.1) is 0 Å². The van der Waals surface area contributed by atoms with E-state index in [9.17, 15) is 4.79 Å². The summed E-state index contributed by atoms with van der Waals surface area (Å²) in [6.45, 7) is 0. The van der Waals surface area contributed by atoms with E-state index in [1.807, 2.05) is 36.4 Å². The molecule has 0 fully saturated rings. The third-order valence-corrected chi connectivity index (χ3v) is 5.49. The molecule has 2 heterocycles. The average Bonchev–Trinajstić information content (AvgIpc) is 2.99. The van der Waals surface area contributed by atoms with Crippen molar-refractivity contribution in [2.45, 2.75) is 5.92 Å². The lowest BCUT2D eigenvalue weighted by molar-refractivity contribution is 0.100. The first-order valence-corrected chi connectivity index (χ1v) is 8.78. The topological polar surface area (TPSA) is 81.1 Å². The molecule has 1 aliphatic heterocycles. The minimum Gasteiger partial charge on any atom is -0.397 e. The predicted octanol–water partition coefficient (Wildman–Crippen LogP) is 4.03. The summed E-state index contributed by atoms with van der Waals surface area (Å²) in [6.07, 6.45) is 2.15. The van der Waals surface area contributed by atoms with Crippen LogP contribution < -0.4 is 16.8 Å². The minimum absolute atomic E-state index is 0.0305. The number of benzene rings is 2. The van der Waals surface area contributed by atoms with E-state index in [1.165, 1.54) is 11.3 Å². The van der Waals surface area contributed by atoms with E-state index in [0.29, 0.717) is 10.6 Å². The molecule has 0 bridgehead atoms. The number of hydrogen-bond donors (Lipinski definition) is 3. The molecule has 0 radical (unpaired) electrons. The molecule has 3 aromatic rings. The fourth-order valence-corrected chi connectivity index (χ4v) is 4.20. The highest BCUT2D eigenvalue weighted by molar-refractivity contribution is 7.19. The Morgan fingerprint density at radius 2 is 1.64 bits per heavy atom. The standard InChI is InChI=1S/C20H17N3OS/c21-17-16-14(12-7-3-1-4-8-12)11-15(13-9-5-2-6-10-13)23-20(16)25-18(17)19(22)24/h1-11,14,23H,21H2,(H2,22,24). The van der Waals surface area contributed by atoms with Crippen molar-refractivity contribution in [2.24, 2.45) is 5.73 Å². The maximum absolute atomic E-state index is 11.7. The van der Waals surface area contributed by atoms with E-state index in [4.69, 9.17) is 11.5 Å². The first-order chi connectivity index (χ1) is 12.1. The highest BCUT2D eigenvalue weighted by Gasteiger charge is 2.29. The Labute approximate surface area is 149 Å². The second-order valence-corrected chi connectivity index (χ2v) is 6.93. The van der Waals surface area contributed by atoms with Gasteiger partial charge < -0.3 is 16.8 Å². The molecule has 0 spiro atoms. The Kier molecular flexibility index (Phi) is 3.78. The zero-order valence-corrected chi connectivity index (χ0v) is 14.2. The van der Waals surface area contributed by atoms with Crippen LogP contribution in [0.3, 0.4) is 0 Å². The first-order valence-electron chi connectivity index (χ1n) is 7.96. The lowest BCUT2D eigenvalue weighted by atomic mass is 9.87. The predicted molar refractivity (Wildman–Crippen MR) is 104 cm³/mol. The van der Waals surface area contributed by atoms with Gasteiger partial charge in [0.25, 0.3) is 5.91 Å². The maximum atomic E-state index is 11.7. The molecule has 2 aromatic carbocycles. The first kappa shape index (κ1) is 15.5. The van der Waals surface area contributed by atoms with Crippen LogP contribution in [0.1, 0.15) is 32.3 Å². The number of nitrogens with two attached hydrogens (primary N) is 2. The molecule has 1 aromatic heterocycles. The Morgan fingerprint density at radius 1 is 1.00 bits per heavy atom. The molecule has 5 N–H and O–H groups in total. The minimum atomic E-state index is -0.494. The maximum Gasteiger partial charge on any atom is 0.260 e. The van der Waals surface area contributed by atoms with E-state index in [0.717, 1.165) is 27.4 Å². The number of thiophene rings is 1. The van der Waals surface area contributed by atoms with Crippen molar-refractivity contribution in [1.29, 1.82) is 0 Å². The van der Waals surface area contributed by atoms with E-state index >= 15 is 0 Å². The summed E-state index contributed by atoms with van der Waals surface area (Å²) in [5.74, 6) is -0.524. The van der Waals surface area contributed by atoms with Crippen molar-refractivity contribution in [3.05, 3.63) is 88.3 Å². The molecule has 1 atom stereocenters. The fourth-order valence-electron chi connectivity index (χ4n) is 3.16. The summed E-state index contributed by atoms with van der Waals surface area (Å²) in [4.78, 5) is 12.1. The van der Waals surface area contributed by atoms with Gasteiger partial charge in [-0.1, -0.05) is 60.7 Å². The highest BCUT2D eigenvalue weighted by atomic mass is 32.1. The van der Waals surface area contributed by atoms with E-state index < -0.39 is 5.91 Å². The Balaban J connectivity index is 1.90. The van der Waals surface area contributed by atoms with Crippen molar-refractivity contribution in [2.75, 3.05) is 11.1 Å². The largest absolute Gasteiger partial charge is 0.397 e. The molecule has 124 valence electrons. The van der Waals surface area contributed by atoms with Gasteiger partial charge in [-0.05, 0) is 17.2 Å². The van der Waals surface area contributed by atoms with Crippen LogP contribution in [0.25, 0.3) is 5.70 Å². The SMILES string of the molecule is NC(=O)c1sc2c(c1N)C(c1ccccc1)C=C(c1ccccc1)N2. The summed E-state index contributed by atoms with van der Waals surface area (Å²) in [7, 11) is 0. The normalized spacial score (nSPS) is 15.8. The molecule has 0 aliphatic carbocycles. The fraction of sp³-hybridized carbons (Fsp3) is 0.0500. The van der Waals surface area contributed by atoms with Crippen molar-refractivity contribution in [3.8, 4) is 0 Å². The summed E-state index contributed by atoms with van der Waals surface area (Å²) in [5.41, 5.74) is 16.4. The smallest absolute Gasteiger partial charge is 0.260 e. The Morgan fingerprint density at radius 3 is 2.28 bits per heavy atom. The van der Waals surface area contributed by atoms with Gasteiger partial charge in [0.15, 0.2) is 0 Å².